The molecule has 1 amide bonds. The van der Waals surface area contributed by atoms with Crippen LogP contribution in [0.15, 0.2) is 30.3 Å². The maximum absolute atomic E-state index is 12.4. The molecule has 1 aromatic carbocycles. The SMILES string of the molecule is Cc1cc(C)n(-c2ccc(C(C)NC(=O)C3(N)CCCC3)cc2)n1.Cl.Cl. The number of hydrogen-bond donors (Lipinski definition) is 2. The molecule has 3 rings (SSSR count). The van der Waals surface area contributed by atoms with Crippen molar-refractivity contribution in [3.05, 3.63) is 47.3 Å². The van der Waals surface area contributed by atoms with E-state index in [1.54, 1.807) is 0 Å². The lowest BCUT2D eigenvalue weighted by molar-refractivity contribution is -0.126. The lowest BCUT2D eigenvalue weighted by Crippen LogP contribution is -2.52. The molecule has 1 fully saturated rings. The molecular weight excluding hydrogens is 371 g/mol. The van der Waals surface area contributed by atoms with Crippen LogP contribution in [0.2, 0.25) is 0 Å². The molecule has 1 unspecified atom stereocenters. The maximum Gasteiger partial charge on any atom is 0.240 e. The van der Waals surface area contributed by atoms with E-state index in [9.17, 15) is 4.79 Å². The fourth-order valence-electron chi connectivity index (χ4n) is 3.45. The van der Waals surface area contributed by atoms with Crippen molar-refractivity contribution in [2.45, 2.75) is 58.0 Å². The number of nitrogens with two attached hydrogens (primary N) is 1. The molecule has 26 heavy (non-hydrogen) atoms. The topological polar surface area (TPSA) is 72.9 Å². The Kier molecular flexibility index (Phi) is 7.69. The molecule has 0 saturated heterocycles. The van der Waals surface area contributed by atoms with Crippen molar-refractivity contribution in [3.8, 4) is 5.69 Å². The predicted octanol–water partition coefficient (Wildman–Crippen LogP) is 3.78. The van der Waals surface area contributed by atoms with Gasteiger partial charge >= 0.3 is 0 Å². The number of benzene rings is 1. The van der Waals surface area contributed by atoms with Crippen LogP contribution in [-0.2, 0) is 4.79 Å². The molecule has 1 aliphatic carbocycles. The van der Waals surface area contributed by atoms with E-state index in [0.29, 0.717) is 0 Å². The van der Waals surface area contributed by atoms with Gasteiger partial charge in [0.2, 0.25) is 5.91 Å². The molecule has 1 atom stereocenters. The highest BCUT2D eigenvalue weighted by atomic mass is 35.5. The molecule has 144 valence electrons. The minimum atomic E-state index is -0.683. The van der Waals surface area contributed by atoms with Crippen molar-refractivity contribution >= 4 is 30.7 Å². The number of rotatable bonds is 4. The highest BCUT2D eigenvalue weighted by Gasteiger charge is 2.37. The van der Waals surface area contributed by atoms with Crippen molar-refractivity contribution in [2.75, 3.05) is 0 Å². The molecule has 1 saturated carbocycles. The first-order chi connectivity index (χ1) is 11.4. The number of nitrogens with one attached hydrogen (secondary N) is 1. The van der Waals surface area contributed by atoms with Gasteiger partial charge in [-0.15, -0.1) is 24.8 Å². The minimum Gasteiger partial charge on any atom is -0.348 e. The van der Waals surface area contributed by atoms with Crippen LogP contribution in [0.25, 0.3) is 5.69 Å². The summed E-state index contributed by atoms with van der Waals surface area (Å²) in [6.07, 6.45) is 3.64. The third-order valence-corrected chi connectivity index (χ3v) is 4.94. The van der Waals surface area contributed by atoms with Crippen molar-refractivity contribution in [1.82, 2.24) is 15.1 Å². The van der Waals surface area contributed by atoms with E-state index in [0.717, 1.165) is 48.3 Å². The molecule has 2 aromatic rings. The summed E-state index contributed by atoms with van der Waals surface area (Å²) in [6, 6.07) is 10.1. The normalized spacial score (nSPS) is 16.3. The van der Waals surface area contributed by atoms with Gasteiger partial charge in [-0.1, -0.05) is 25.0 Å². The number of hydrogen-bond acceptors (Lipinski definition) is 3. The molecule has 3 N–H and O–H groups in total. The van der Waals surface area contributed by atoms with E-state index in [2.05, 4.69) is 16.5 Å². The Morgan fingerprint density at radius 3 is 2.27 bits per heavy atom. The number of nitrogens with zero attached hydrogens (tertiary/aromatic N) is 2. The second-order valence-electron chi connectivity index (χ2n) is 6.99. The summed E-state index contributed by atoms with van der Waals surface area (Å²) in [5, 5.41) is 7.56. The van der Waals surface area contributed by atoms with Crippen molar-refractivity contribution in [1.29, 1.82) is 0 Å². The summed E-state index contributed by atoms with van der Waals surface area (Å²) in [7, 11) is 0. The van der Waals surface area contributed by atoms with Crippen LogP contribution >= 0.6 is 24.8 Å². The molecular formula is C19H28Cl2N4O. The predicted molar refractivity (Wildman–Crippen MR) is 109 cm³/mol. The zero-order valence-electron chi connectivity index (χ0n) is 15.5. The van der Waals surface area contributed by atoms with Crippen LogP contribution in [-0.4, -0.2) is 21.2 Å². The zero-order chi connectivity index (χ0) is 17.3. The van der Waals surface area contributed by atoms with Gasteiger partial charge < -0.3 is 11.1 Å². The molecule has 0 radical (unpaired) electrons. The van der Waals surface area contributed by atoms with Crippen LogP contribution in [0.5, 0.6) is 0 Å². The number of amides is 1. The van der Waals surface area contributed by atoms with E-state index < -0.39 is 5.54 Å². The van der Waals surface area contributed by atoms with Gasteiger partial charge in [-0.05, 0) is 57.4 Å². The first-order valence-electron chi connectivity index (χ1n) is 8.62. The standard InChI is InChI=1S/C19H26N4O.2ClH/c1-13-12-14(2)23(22-13)17-8-6-16(7-9-17)15(3)21-18(24)19(20)10-4-5-11-19;;/h6-9,12,15H,4-5,10-11,20H2,1-3H3,(H,21,24);2*1H. The van der Waals surface area contributed by atoms with Gasteiger partial charge in [-0.25, -0.2) is 4.68 Å². The van der Waals surface area contributed by atoms with Crippen LogP contribution < -0.4 is 11.1 Å². The zero-order valence-corrected chi connectivity index (χ0v) is 17.1. The fraction of sp³-hybridized carbons (Fsp3) is 0.474. The monoisotopic (exact) mass is 398 g/mol. The molecule has 5 nitrogen and oxygen atoms in total. The first-order valence-corrected chi connectivity index (χ1v) is 8.62. The van der Waals surface area contributed by atoms with Crippen molar-refractivity contribution in [3.63, 3.8) is 0 Å². The van der Waals surface area contributed by atoms with E-state index in [4.69, 9.17) is 5.73 Å². The average Bonchev–Trinajstić information content (AvgIpc) is 3.14. The second kappa shape index (κ2) is 8.89. The van der Waals surface area contributed by atoms with Gasteiger partial charge in [-0.3, -0.25) is 4.79 Å². The van der Waals surface area contributed by atoms with Crippen molar-refractivity contribution in [2.24, 2.45) is 5.73 Å². The van der Waals surface area contributed by atoms with E-state index in [1.807, 2.05) is 49.7 Å². The molecule has 0 aliphatic heterocycles. The van der Waals surface area contributed by atoms with Crippen LogP contribution in [0.3, 0.4) is 0 Å². The average molecular weight is 399 g/mol. The van der Waals surface area contributed by atoms with Crippen LogP contribution in [0, 0.1) is 13.8 Å². The van der Waals surface area contributed by atoms with Crippen molar-refractivity contribution < 1.29 is 4.79 Å². The number of aryl methyl sites for hydroxylation is 2. The first kappa shape index (κ1) is 22.5. The van der Waals surface area contributed by atoms with Gasteiger partial charge in [0.05, 0.1) is 23.0 Å². The molecule has 0 bridgehead atoms. The van der Waals surface area contributed by atoms with Gasteiger partial charge in [0.15, 0.2) is 0 Å². The van der Waals surface area contributed by atoms with E-state index in [-0.39, 0.29) is 36.8 Å². The summed E-state index contributed by atoms with van der Waals surface area (Å²) in [6.45, 7) is 6.02. The van der Waals surface area contributed by atoms with Gasteiger partial charge in [0.25, 0.3) is 0 Å². The second-order valence-corrected chi connectivity index (χ2v) is 6.99. The Morgan fingerprint density at radius 1 is 1.19 bits per heavy atom. The summed E-state index contributed by atoms with van der Waals surface area (Å²) in [5.74, 6) is -0.0323. The van der Waals surface area contributed by atoms with E-state index in [1.165, 1.54) is 0 Å². The largest absolute Gasteiger partial charge is 0.348 e. The summed E-state index contributed by atoms with van der Waals surface area (Å²) >= 11 is 0. The number of aromatic nitrogens is 2. The lowest BCUT2D eigenvalue weighted by atomic mass is 9.97. The number of carbonyl (C=O) groups is 1. The number of halogens is 2. The summed E-state index contributed by atoms with van der Waals surface area (Å²) in [5.41, 5.74) is 9.74. The quantitative estimate of drug-likeness (QED) is 0.822. The third kappa shape index (κ3) is 4.58. The Hall–Kier alpha value is -1.56. The maximum atomic E-state index is 12.4. The Morgan fingerprint density at radius 2 is 1.77 bits per heavy atom. The van der Waals surface area contributed by atoms with Crippen LogP contribution in [0.4, 0.5) is 0 Å². The molecule has 1 aromatic heterocycles. The van der Waals surface area contributed by atoms with Gasteiger partial charge in [-0.2, -0.15) is 5.10 Å². The van der Waals surface area contributed by atoms with Crippen LogP contribution in [0.1, 0.15) is 55.6 Å². The van der Waals surface area contributed by atoms with Gasteiger partial charge in [0, 0.05) is 5.69 Å². The molecule has 7 heteroatoms. The lowest BCUT2D eigenvalue weighted by Gasteiger charge is -2.25. The highest BCUT2D eigenvalue weighted by molar-refractivity contribution is 5.86. The van der Waals surface area contributed by atoms with Gasteiger partial charge in [0.1, 0.15) is 0 Å². The Labute approximate surface area is 167 Å². The van der Waals surface area contributed by atoms with E-state index >= 15 is 0 Å². The highest BCUT2D eigenvalue weighted by Crippen LogP contribution is 2.28. The summed E-state index contributed by atoms with van der Waals surface area (Å²) < 4.78 is 1.93. The Balaban J connectivity index is 0.00000169. The fourth-order valence-corrected chi connectivity index (χ4v) is 3.45. The summed E-state index contributed by atoms with van der Waals surface area (Å²) in [4.78, 5) is 12.4. The minimum absolute atomic E-state index is 0. The number of carbonyl (C=O) groups excluding carboxylic acids is 1. The third-order valence-electron chi connectivity index (χ3n) is 4.94. The molecule has 1 aliphatic rings. The Bertz CT molecular complexity index is 736. The smallest absolute Gasteiger partial charge is 0.240 e. The molecule has 0 spiro atoms. The molecule has 1 heterocycles.